The van der Waals surface area contributed by atoms with Crippen molar-refractivity contribution >= 4 is 41.3 Å². The zero-order valence-electron chi connectivity index (χ0n) is 12.4. The minimum absolute atomic E-state index is 0.000882. The van der Waals surface area contributed by atoms with E-state index in [1.54, 1.807) is 0 Å². The molecule has 1 aromatic carbocycles. The molecule has 5 nitrogen and oxygen atoms in total. The van der Waals surface area contributed by atoms with Crippen molar-refractivity contribution in [3.05, 3.63) is 18.2 Å². The Hall–Kier alpha value is -0.600. The monoisotopic (exact) mass is 397 g/mol. The summed E-state index contributed by atoms with van der Waals surface area (Å²) in [6.07, 6.45) is 2.12. The molecule has 0 saturated heterocycles. The molecule has 0 aliphatic heterocycles. The second kappa shape index (κ2) is 6.66. The third-order valence-corrected chi connectivity index (χ3v) is 6.53. The van der Waals surface area contributed by atoms with Crippen LogP contribution in [-0.4, -0.2) is 40.7 Å². The first kappa shape index (κ1) is 18.4. The van der Waals surface area contributed by atoms with E-state index in [1.807, 2.05) is 13.8 Å². The van der Waals surface area contributed by atoms with E-state index >= 15 is 0 Å². The molecule has 0 aliphatic carbocycles. The third kappa shape index (κ3) is 4.96. The van der Waals surface area contributed by atoms with Gasteiger partial charge in [0.1, 0.15) is 0 Å². The highest BCUT2D eigenvalue weighted by Gasteiger charge is 2.20. The van der Waals surface area contributed by atoms with E-state index in [0.717, 1.165) is 17.8 Å². The van der Waals surface area contributed by atoms with Gasteiger partial charge in [-0.3, -0.25) is 0 Å². The van der Waals surface area contributed by atoms with Gasteiger partial charge >= 0.3 is 0 Å². The van der Waals surface area contributed by atoms with Crippen LogP contribution in [-0.2, 0) is 19.7 Å². The Morgan fingerprint density at radius 1 is 1.10 bits per heavy atom. The summed E-state index contributed by atoms with van der Waals surface area (Å²) in [5.41, 5.74) is 0.421. The van der Waals surface area contributed by atoms with E-state index in [1.165, 1.54) is 18.2 Å². The minimum atomic E-state index is -3.53. The Kier molecular flexibility index (Phi) is 5.85. The van der Waals surface area contributed by atoms with Crippen LogP contribution in [0.2, 0.25) is 0 Å². The number of hydrogen-bond donors (Lipinski definition) is 1. The molecule has 1 aromatic rings. The third-order valence-electron chi connectivity index (χ3n) is 3.26. The Morgan fingerprint density at radius 2 is 1.67 bits per heavy atom. The number of nitrogens with one attached hydrogen (secondary N) is 1. The quantitative estimate of drug-likeness (QED) is 0.744. The summed E-state index contributed by atoms with van der Waals surface area (Å²) < 4.78 is 47.0. The van der Waals surface area contributed by atoms with Gasteiger partial charge in [-0.25, -0.2) is 16.8 Å². The first-order chi connectivity index (χ1) is 9.46. The molecule has 0 aromatic heterocycles. The molecule has 0 fully saturated rings. The molecule has 2 atom stereocenters. The van der Waals surface area contributed by atoms with Crippen LogP contribution < -0.4 is 5.32 Å². The Morgan fingerprint density at radius 3 is 2.10 bits per heavy atom. The van der Waals surface area contributed by atoms with Gasteiger partial charge in [0.25, 0.3) is 0 Å². The van der Waals surface area contributed by atoms with Gasteiger partial charge in [-0.2, -0.15) is 0 Å². The lowest BCUT2D eigenvalue weighted by Gasteiger charge is -2.22. The minimum Gasteiger partial charge on any atom is -0.381 e. The maximum Gasteiger partial charge on any atom is 0.177 e. The van der Waals surface area contributed by atoms with Gasteiger partial charge in [-0.15, -0.1) is 0 Å². The predicted octanol–water partition coefficient (Wildman–Crippen LogP) is 2.33. The summed E-state index contributed by atoms with van der Waals surface area (Å²) in [6.45, 7) is 3.97. The first-order valence-corrected chi connectivity index (χ1v) is 11.2. The average Bonchev–Trinajstić information content (AvgIpc) is 2.35. The summed E-state index contributed by atoms with van der Waals surface area (Å²) in [7, 11) is -6.98. The van der Waals surface area contributed by atoms with Crippen molar-refractivity contribution in [2.75, 3.05) is 23.2 Å². The van der Waals surface area contributed by atoms with Crippen LogP contribution in [0.15, 0.2) is 28.0 Å². The number of rotatable bonds is 6. The summed E-state index contributed by atoms with van der Waals surface area (Å²) >= 11 is 3.39. The topological polar surface area (TPSA) is 80.3 Å². The van der Waals surface area contributed by atoms with Gasteiger partial charge in [-0.1, -0.05) is 22.9 Å². The maximum absolute atomic E-state index is 11.9. The number of hydrogen-bond acceptors (Lipinski definition) is 5. The van der Waals surface area contributed by atoms with Gasteiger partial charge in [0.15, 0.2) is 19.7 Å². The van der Waals surface area contributed by atoms with Crippen LogP contribution in [0, 0.1) is 5.92 Å². The van der Waals surface area contributed by atoms with Gasteiger partial charge in [0, 0.05) is 23.9 Å². The fourth-order valence-corrected chi connectivity index (χ4v) is 3.83. The molecular weight excluding hydrogens is 378 g/mol. The van der Waals surface area contributed by atoms with Gasteiger partial charge in [0.05, 0.1) is 15.5 Å². The molecule has 120 valence electrons. The molecule has 0 radical (unpaired) electrons. The van der Waals surface area contributed by atoms with Gasteiger partial charge < -0.3 is 5.32 Å². The molecule has 8 heteroatoms. The number of benzene rings is 1. The number of halogens is 1. The largest absolute Gasteiger partial charge is 0.381 e. The Bertz CT molecular complexity index is 714. The molecular formula is C13H20BrNO4S2. The van der Waals surface area contributed by atoms with E-state index < -0.39 is 19.7 Å². The van der Waals surface area contributed by atoms with Gasteiger partial charge in [-0.05, 0) is 31.0 Å². The molecule has 0 saturated carbocycles. The van der Waals surface area contributed by atoms with E-state index in [2.05, 4.69) is 21.2 Å². The summed E-state index contributed by atoms with van der Waals surface area (Å²) in [6, 6.07) is 4.16. The van der Waals surface area contributed by atoms with E-state index in [4.69, 9.17) is 0 Å². The normalized spacial score (nSPS) is 15.5. The van der Waals surface area contributed by atoms with Crippen LogP contribution in [0.5, 0.6) is 0 Å². The summed E-state index contributed by atoms with van der Waals surface area (Å²) in [4.78, 5) is -0.00582. The number of alkyl halides is 1. The van der Waals surface area contributed by atoms with Crippen LogP contribution >= 0.6 is 15.9 Å². The van der Waals surface area contributed by atoms with Crippen LogP contribution in [0.4, 0.5) is 5.69 Å². The molecule has 0 spiro atoms. The molecule has 0 amide bonds. The van der Waals surface area contributed by atoms with Crippen molar-refractivity contribution in [3.63, 3.8) is 0 Å². The zero-order chi connectivity index (χ0) is 16.4. The zero-order valence-corrected chi connectivity index (χ0v) is 15.6. The standard InChI is InChI=1S/C13H20BrNO4S2/c1-9(8-14)10(2)15-12-6-5-11(20(3,16)17)7-13(12)21(4,18)19/h5-7,9-10,15H,8H2,1-4H3. The highest BCUT2D eigenvalue weighted by molar-refractivity contribution is 9.09. The lowest BCUT2D eigenvalue weighted by atomic mass is 10.1. The summed E-state index contributed by atoms with van der Waals surface area (Å²) in [5.74, 6) is 0.284. The first-order valence-electron chi connectivity index (χ1n) is 6.33. The fraction of sp³-hybridized carbons (Fsp3) is 0.538. The molecule has 1 N–H and O–H groups in total. The van der Waals surface area contributed by atoms with E-state index in [0.29, 0.717) is 5.69 Å². The highest BCUT2D eigenvalue weighted by atomic mass is 79.9. The van der Waals surface area contributed by atoms with Crippen LogP contribution in [0.3, 0.4) is 0 Å². The van der Waals surface area contributed by atoms with E-state index in [-0.39, 0.29) is 21.8 Å². The molecule has 0 heterocycles. The predicted molar refractivity (Wildman–Crippen MR) is 88.7 cm³/mol. The Balaban J connectivity index is 3.34. The fourth-order valence-electron chi connectivity index (χ4n) is 1.68. The van der Waals surface area contributed by atoms with Crippen molar-refractivity contribution in [3.8, 4) is 0 Å². The second-order valence-electron chi connectivity index (χ2n) is 5.27. The molecule has 1 rings (SSSR count). The molecule has 0 aliphatic rings. The van der Waals surface area contributed by atoms with Crippen molar-refractivity contribution in [2.45, 2.75) is 29.7 Å². The highest BCUT2D eigenvalue weighted by Crippen LogP contribution is 2.26. The average molecular weight is 398 g/mol. The second-order valence-corrected chi connectivity index (χ2v) is 9.91. The molecule has 21 heavy (non-hydrogen) atoms. The summed E-state index contributed by atoms with van der Waals surface area (Å²) in [5, 5.41) is 3.92. The van der Waals surface area contributed by atoms with Crippen molar-refractivity contribution < 1.29 is 16.8 Å². The van der Waals surface area contributed by atoms with Gasteiger partial charge in [0.2, 0.25) is 0 Å². The maximum atomic E-state index is 11.9. The van der Waals surface area contributed by atoms with Crippen molar-refractivity contribution in [2.24, 2.45) is 5.92 Å². The van der Waals surface area contributed by atoms with E-state index in [9.17, 15) is 16.8 Å². The van der Waals surface area contributed by atoms with Crippen LogP contribution in [0.25, 0.3) is 0 Å². The Labute approximate surface area is 135 Å². The smallest absolute Gasteiger partial charge is 0.177 e. The SMILES string of the molecule is CC(CBr)C(C)Nc1ccc(S(C)(=O)=O)cc1S(C)(=O)=O. The van der Waals surface area contributed by atoms with Crippen LogP contribution in [0.1, 0.15) is 13.8 Å². The molecule has 2 unspecified atom stereocenters. The molecule has 0 bridgehead atoms. The lowest BCUT2D eigenvalue weighted by Crippen LogP contribution is -2.25. The van der Waals surface area contributed by atoms with Crippen molar-refractivity contribution in [1.29, 1.82) is 0 Å². The number of anilines is 1. The van der Waals surface area contributed by atoms with Crippen molar-refractivity contribution in [1.82, 2.24) is 0 Å². The number of sulfone groups is 2. The lowest BCUT2D eigenvalue weighted by molar-refractivity contribution is 0.570.